The first-order chi connectivity index (χ1) is 6.68. The molecule has 1 amide bonds. The van der Waals surface area contributed by atoms with Crippen molar-refractivity contribution in [3.63, 3.8) is 0 Å². The molecule has 1 unspecified atom stereocenters. The van der Waals surface area contributed by atoms with Gasteiger partial charge in [-0.3, -0.25) is 14.5 Å². The zero-order valence-corrected chi connectivity index (χ0v) is 7.21. The van der Waals surface area contributed by atoms with Gasteiger partial charge in [0.15, 0.2) is 0 Å². The quantitative estimate of drug-likeness (QED) is 0.725. The van der Waals surface area contributed by atoms with Crippen LogP contribution in [0.4, 0.5) is 6.01 Å². The van der Waals surface area contributed by atoms with Crippen LogP contribution in [0.3, 0.4) is 0 Å². The Labute approximate surface area is 79.1 Å². The lowest BCUT2D eigenvalue weighted by Gasteiger charge is -2.09. The first-order valence-electron chi connectivity index (χ1n) is 4.11. The minimum Gasteiger partial charge on any atom is -0.481 e. The molecule has 2 rings (SSSR count). The highest BCUT2D eigenvalue weighted by Gasteiger charge is 2.36. The number of carboxylic acids is 1. The fourth-order valence-corrected chi connectivity index (χ4v) is 1.41. The molecular formula is C8H8N2O4. The van der Waals surface area contributed by atoms with Gasteiger partial charge in [-0.2, -0.15) is 0 Å². The minimum absolute atomic E-state index is 0.0116. The third kappa shape index (κ3) is 1.34. The molecule has 74 valence electrons. The molecule has 1 atom stereocenters. The van der Waals surface area contributed by atoms with Crippen LogP contribution in [0.25, 0.3) is 0 Å². The molecule has 1 aromatic rings. The number of carbonyl (C=O) groups is 2. The molecule has 0 aliphatic carbocycles. The number of amides is 1. The third-order valence-electron chi connectivity index (χ3n) is 2.12. The van der Waals surface area contributed by atoms with Crippen molar-refractivity contribution in [3.8, 4) is 0 Å². The van der Waals surface area contributed by atoms with E-state index in [0.717, 1.165) is 0 Å². The number of carboxylic acid groups (broad SMARTS) is 1. The highest BCUT2D eigenvalue weighted by atomic mass is 16.4. The molecule has 1 saturated heterocycles. The fraction of sp³-hybridized carbons (Fsp3) is 0.375. The van der Waals surface area contributed by atoms with Gasteiger partial charge < -0.3 is 9.52 Å². The largest absolute Gasteiger partial charge is 0.481 e. The zero-order valence-electron chi connectivity index (χ0n) is 7.21. The first kappa shape index (κ1) is 8.74. The Morgan fingerprint density at radius 1 is 1.71 bits per heavy atom. The normalized spacial score (nSPS) is 21.6. The summed E-state index contributed by atoms with van der Waals surface area (Å²) in [5.41, 5.74) is 0. The number of nitrogens with zero attached hydrogens (tertiary/aromatic N) is 2. The molecule has 1 aromatic heterocycles. The average molecular weight is 196 g/mol. The predicted octanol–water partition coefficient (Wildman–Crippen LogP) is 0.112. The fourth-order valence-electron chi connectivity index (χ4n) is 1.41. The van der Waals surface area contributed by atoms with E-state index in [4.69, 9.17) is 9.52 Å². The maximum absolute atomic E-state index is 11.4. The SMILES string of the molecule is O=C(O)C1CC(=O)N(c2ncco2)C1. The van der Waals surface area contributed by atoms with Crippen molar-refractivity contribution >= 4 is 17.9 Å². The van der Waals surface area contributed by atoms with Crippen LogP contribution in [-0.2, 0) is 9.59 Å². The predicted molar refractivity (Wildman–Crippen MR) is 44.6 cm³/mol. The monoisotopic (exact) mass is 196 g/mol. The minimum atomic E-state index is -0.965. The van der Waals surface area contributed by atoms with E-state index in [1.54, 1.807) is 0 Å². The second kappa shape index (κ2) is 3.13. The van der Waals surface area contributed by atoms with Gasteiger partial charge >= 0.3 is 12.0 Å². The smallest absolute Gasteiger partial charge is 0.308 e. The number of rotatable bonds is 2. The van der Waals surface area contributed by atoms with Crippen LogP contribution in [0.5, 0.6) is 0 Å². The number of oxazole rings is 1. The van der Waals surface area contributed by atoms with E-state index < -0.39 is 11.9 Å². The lowest BCUT2D eigenvalue weighted by molar-refractivity contribution is -0.141. The Hall–Kier alpha value is -1.85. The van der Waals surface area contributed by atoms with Gasteiger partial charge in [0, 0.05) is 13.0 Å². The van der Waals surface area contributed by atoms with E-state index in [9.17, 15) is 9.59 Å². The first-order valence-corrected chi connectivity index (χ1v) is 4.11. The summed E-state index contributed by atoms with van der Waals surface area (Å²) in [4.78, 5) is 27.0. The van der Waals surface area contributed by atoms with E-state index in [1.807, 2.05) is 0 Å². The van der Waals surface area contributed by atoms with Gasteiger partial charge in [0.1, 0.15) is 6.26 Å². The summed E-state index contributed by atoms with van der Waals surface area (Å²) in [7, 11) is 0. The number of aliphatic carboxylic acids is 1. The highest BCUT2D eigenvalue weighted by Crippen LogP contribution is 2.23. The molecule has 1 N–H and O–H groups in total. The van der Waals surface area contributed by atoms with Crippen molar-refractivity contribution in [1.82, 2.24) is 4.98 Å². The summed E-state index contributed by atoms with van der Waals surface area (Å²) in [5, 5.41) is 8.72. The Balaban J connectivity index is 2.16. The van der Waals surface area contributed by atoms with Crippen molar-refractivity contribution in [1.29, 1.82) is 0 Å². The van der Waals surface area contributed by atoms with E-state index in [0.29, 0.717) is 0 Å². The maximum atomic E-state index is 11.4. The Bertz CT molecular complexity index is 359. The van der Waals surface area contributed by atoms with Crippen molar-refractivity contribution in [3.05, 3.63) is 12.5 Å². The number of hydrogen-bond donors (Lipinski definition) is 1. The molecule has 0 spiro atoms. The molecule has 6 heteroatoms. The van der Waals surface area contributed by atoms with E-state index in [1.165, 1.54) is 17.4 Å². The summed E-state index contributed by atoms with van der Waals surface area (Å²) < 4.78 is 4.92. The van der Waals surface area contributed by atoms with Gasteiger partial charge in [0.25, 0.3) is 0 Å². The summed E-state index contributed by atoms with van der Waals surface area (Å²) in [6, 6.07) is 0.166. The van der Waals surface area contributed by atoms with Gasteiger partial charge in [-0.15, -0.1) is 0 Å². The standard InChI is InChI=1S/C8H8N2O4/c11-6-3-5(7(12)13)4-10(6)8-9-1-2-14-8/h1-2,5H,3-4H2,(H,12,13). The van der Waals surface area contributed by atoms with Gasteiger partial charge in [0.2, 0.25) is 5.91 Å². The molecule has 0 aromatic carbocycles. The van der Waals surface area contributed by atoms with Crippen LogP contribution < -0.4 is 4.90 Å². The molecule has 1 aliphatic heterocycles. The van der Waals surface area contributed by atoms with Crippen LogP contribution in [0, 0.1) is 5.92 Å². The van der Waals surface area contributed by atoms with Crippen LogP contribution in [0.1, 0.15) is 6.42 Å². The molecule has 14 heavy (non-hydrogen) atoms. The molecule has 6 nitrogen and oxygen atoms in total. The number of hydrogen-bond acceptors (Lipinski definition) is 4. The van der Waals surface area contributed by atoms with Gasteiger partial charge in [-0.25, -0.2) is 4.98 Å². The summed E-state index contributed by atoms with van der Waals surface area (Å²) in [6.45, 7) is 0.134. The second-order valence-electron chi connectivity index (χ2n) is 3.06. The average Bonchev–Trinajstić information content (AvgIpc) is 2.71. The van der Waals surface area contributed by atoms with Crippen LogP contribution in [0.15, 0.2) is 16.9 Å². The van der Waals surface area contributed by atoms with Gasteiger partial charge in [-0.1, -0.05) is 0 Å². The topological polar surface area (TPSA) is 83.6 Å². The highest BCUT2D eigenvalue weighted by molar-refractivity contribution is 5.97. The third-order valence-corrected chi connectivity index (χ3v) is 2.12. The summed E-state index contributed by atoms with van der Waals surface area (Å²) in [5.74, 6) is -1.89. The zero-order chi connectivity index (χ0) is 10.1. The summed E-state index contributed by atoms with van der Waals surface area (Å²) >= 11 is 0. The number of carbonyl (C=O) groups excluding carboxylic acids is 1. The van der Waals surface area contributed by atoms with Crippen LogP contribution in [0.2, 0.25) is 0 Å². The summed E-state index contributed by atoms with van der Waals surface area (Å²) in [6.07, 6.45) is 2.77. The molecular weight excluding hydrogens is 188 g/mol. The second-order valence-corrected chi connectivity index (χ2v) is 3.06. The van der Waals surface area contributed by atoms with Crippen LogP contribution in [-0.4, -0.2) is 28.5 Å². The van der Waals surface area contributed by atoms with Crippen molar-refractivity contribution in [2.75, 3.05) is 11.4 Å². The van der Waals surface area contributed by atoms with Crippen molar-refractivity contribution < 1.29 is 19.1 Å². The molecule has 1 fully saturated rings. The van der Waals surface area contributed by atoms with E-state index >= 15 is 0 Å². The van der Waals surface area contributed by atoms with Crippen molar-refractivity contribution in [2.24, 2.45) is 5.92 Å². The van der Waals surface area contributed by atoms with Gasteiger partial charge in [0.05, 0.1) is 12.1 Å². The number of anilines is 1. The van der Waals surface area contributed by atoms with Gasteiger partial charge in [-0.05, 0) is 0 Å². The Morgan fingerprint density at radius 3 is 3.00 bits per heavy atom. The van der Waals surface area contributed by atoms with Crippen LogP contribution >= 0.6 is 0 Å². The lowest BCUT2D eigenvalue weighted by atomic mass is 10.1. The Morgan fingerprint density at radius 2 is 2.50 bits per heavy atom. The molecule has 0 bridgehead atoms. The lowest BCUT2D eigenvalue weighted by Crippen LogP contribution is -2.25. The van der Waals surface area contributed by atoms with Crippen molar-refractivity contribution in [2.45, 2.75) is 6.42 Å². The molecule has 0 saturated carbocycles. The maximum Gasteiger partial charge on any atom is 0.308 e. The number of aromatic nitrogens is 1. The molecule has 1 aliphatic rings. The molecule has 2 heterocycles. The van der Waals surface area contributed by atoms with E-state index in [2.05, 4.69) is 4.98 Å². The molecule has 0 radical (unpaired) electrons. The van der Waals surface area contributed by atoms with E-state index in [-0.39, 0.29) is 24.9 Å². The Kier molecular flexibility index (Phi) is 1.95.